The van der Waals surface area contributed by atoms with Gasteiger partial charge in [-0.3, -0.25) is 4.79 Å². The highest BCUT2D eigenvalue weighted by Gasteiger charge is 2.13. The maximum Gasteiger partial charge on any atom is 0.287 e. The maximum atomic E-state index is 12.1. The summed E-state index contributed by atoms with van der Waals surface area (Å²) in [6, 6.07) is 7.38. The highest BCUT2D eigenvalue weighted by Crippen LogP contribution is 2.28. The Hall–Kier alpha value is -2.47. The van der Waals surface area contributed by atoms with Crippen molar-refractivity contribution < 1.29 is 18.7 Å². The molecule has 6 heteroatoms. The molecule has 0 aliphatic carbocycles. The van der Waals surface area contributed by atoms with E-state index in [4.69, 9.17) is 13.9 Å². The van der Waals surface area contributed by atoms with Crippen LogP contribution in [-0.2, 0) is 6.54 Å². The summed E-state index contributed by atoms with van der Waals surface area (Å²) in [7, 11) is 5.59. The lowest BCUT2D eigenvalue weighted by Gasteiger charge is -2.14. The highest BCUT2D eigenvalue weighted by molar-refractivity contribution is 5.92. The zero-order chi connectivity index (χ0) is 17.5. The van der Waals surface area contributed by atoms with Gasteiger partial charge in [-0.2, -0.15) is 0 Å². The van der Waals surface area contributed by atoms with Gasteiger partial charge in [0.1, 0.15) is 6.61 Å². The van der Waals surface area contributed by atoms with Gasteiger partial charge in [-0.05, 0) is 44.8 Å². The van der Waals surface area contributed by atoms with Crippen molar-refractivity contribution in [2.45, 2.75) is 13.5 Å². The van der Waals surface area contributed by atoms with E-state index in [2.05, 4.69) is 5.32 Å². The monoisotopic (exact) mass is 332 g/mol. The fourth-order valence-electron chi connectivity index (χ4n) is 2.15. The molecule has 2 rings (SSSR count). The molecule has 0 aliphatic heterocycles. The number of benzene rings is 1. The standard InChI is InChI=1S/C18H24N2O4/c1-13-7-9-24-17(13)18(21)19-12-14-5-6-15(16(11-14)22-4)23-10-8-20(2)3/h5-7,9,11H,8,10,12H2,1-4H3,(H,19,21). The van der Waals surface area contributed by atoms with Crippen LogP contribution in [0.4, 0.5) is 0 Å². The summed E-state index contributed by atoms with van der Waals surface area (Å²) in [6.45, 7) is 3.62. The molecule has 2 aromatic rings. The number of methoxy groups -OCH3 is 1. The summed E-state index contributed by atoms with van der Waals surface area (Å²) < 4.78 is 16.3. The second-order valence-electron chi connectivity index (χ2n) is 5.75. The normalized spacial score (nSPS) is 10.7. The lowest BCUT2D eigenvalue weighted by Crippen LogP contribution is -2.23. The molecule has 1 heterocycles. The first-order valence-corrected chi connectivity index (χ1v) is 7.78. The van der Waals surface area contributed by atoms with E-state index in [1.807, 2.05) is 44.1 Å². The number of nitrogens with zero attached hydrogens (tertiary/aromatic N) is 1. The number of nitrogens with one attached hydrogen (secondary N) is 1. The third-order valence-electron chi connectivity index (χ3n) is 3.55. The summed E-state index contributed by atoms with van der Waals surface area (Å²) in [5, 5.41) is 2.84. The fourth-order valence-corrected chi connectivity index (χ4v) is 2.15. The Kier molecular flexibility index (Phi) is 6.26. The number of hydrogen-bond donors (Lipinski definition) is 1. The van der Waals surface area contributed by atoms with E-state index in [1.54, 1.807) is 13.2 Å². The molecule has 0 saturated heterocycles. The smallest absolute Gasteiger partial charge is 0.287 e. The van der Waals surface area contributed by atoms with E-state index in [-0.39, 0.29) is 5.91 Å². The molecule has 0 unspecified atom stereocenters. The van der Waals surface area contributed by atoms with Crippen molar-refractivity contribution in [2.24, 2.45) is 0 Å². The van der Waals surface area contributed by atoms with E-state index in [9.17, 15) is 4.79 Å². The molecule has 0 radical (unpaired) electrons. The molecular weight excluding hydrogens is 308 g/mol. The minimum Gasteiger partial charge on any atom is -0.493 e. The zero-order valence-corrected chi connectivity index (χ0v) is 14.6. The van der Waals surface area contributed by atoms with Gasteiger partial charge in [0.15, 0.2) is 17.3 Å². The van der Waals surface area contributed by atoms with Gasteiger partial charge < -0.3 is 24.1 Å². The van der Waals surface area contributed by atoms with Crippen molar-refractivity contribution in [3.63, 3.8) is 0 Å². The predicted molar refractivity (Wildman–Crippen MR) is 91.7 cm³/mol. The quantitative estimate of drug-likeness (QED) is 0.804. The van der Waals surface area contributed by atoms with E-state index < -0.39 is 0 Å². The molecule has 0 fully saturated rings. The van der Waals surface area contributed by atoms with Crippen LogP contribution in [0.2, 0.25) is 0 Å². The van der Waals surface area contributed by atoms with Crippen molar-refractivity contribution in [3.8, 4) is 11.5 Å². The average molecular weight is 332 g/mol. The number of furan rings is 1. The second kappa shape index (κ2) is 8.40. The van der Waals surface area contributed by atoms with Gasteiger partial charge in [0.2, 0.25) is 0 Å². The predicted octanol–water partition coefficient (Wildman–Crippen LogP) is 2.47. The zero-order valence-electron chi connectivity index (χ0n) is 14.6. The number of rotatable bonds is 8. The summed E-state index contributed by atoms with van der Waals surface area (Å²) >= 11 is 0. The van der Waals surface area contributed by atoms with Crippen molar-refractivity contribution >= 4 is 5.91 Å². The van der Waals surface area contributed by atoms with E-state index >= 15 is 0 Å². The molecule has 0 spiro atoms. The van der Waals surface area contributed by atoms with Gasteiger partial charge in [0.25, 0.3) is 5.91 Å². The number of carbonyl (C=O) groups is 1. The van der Waals surface area contributed by atoms with Crippen LogP contribution in [0.15, 0.2) is 34.9 Å². The number of likely N-dealkylation sites (N-methyl/N-ethyl adjacent to an activating group) is 1. The van der Waals surface area contributed by atoms with Crippen LogP contribution in [0.1, 0.15) is 21.7 Å². The van der Waals surface area contributed by atoms with Crippen molar-refractivity contribution in [3.05, 3.63) is 47.4 Å². The Balaban J connectivity index is 1.96. The van der Waals surface area contributed by atoms with Crippen LogP contribution in [0.3, 0.4) is 0 Å². The molecule has 0 aliphatic rings. The second-order valence-corrected chi connectivity index (χ2v) is 5.75. The van der Waals surface area contributed by atoms with E-state index in [0.29, 0.717) is 30.4 Å². The first kappa shape index (κ1) is 17.9. The Morgan fingerprint density at radius 3 is 2.67 bits per heavy atom. The summed E-state index contributed by atoms with van der Waals surface area (Å²) in [4.78, 5) is 14.1. The van der Waals surface area contributed by atoms with E-state index in [0.717, 1.165) is 17.7 Å². The number of aryl methyl sites for hydroxylation is 1. The Bertz CT molecular complexity index is 679. The third kappa shape index (κ3) is 4.76. The van der Waals surface area contributed by atoms with Crippen LogP contribution in [0, 0.1) is 6.92 Å². The van der Waals surface area contributed by atoms with Crippen LogP contribution >= 0.6 is 0 Å². The minimum atomic E-state index is -0.234. The highest BCUT2D eigenvalue weighted by atomic mass is 16.5. The van der Waals surface area contributed by atoms with Crippen LogP contribution in [-0.4, -0.2) is 45.2 Å². The van der Waals surface area contributed by atoms with Gasteiger partial charge in [0.05, 0.1) is 13.4 Å². The van der Waals surface area contributed by atoms with Gasteiger partial charge in [-0.15, -0.1) is 0 Å². The molecule has 24 heavy (non-hydrogen) atoms. The van der Waals surface area contributed by atoms with Gasteiger partial charge in [0, 0.05) is 18.7 Å². The molecule has 1 aromatic heterocycles. The van der Waals surface area contributed by atoms with Crippen molar-refractivity contribution in [1.82, 2.24) is 10.2 Å². The summed E-state index contributed by atoms with van der Waals surface area (Å²) in [5.41, 5.74) is 1.74. The Labute approximate surface area is 142 Å². The summed E-state index contributed by atoms with van der Waals surface area (Å²) in [5.74, 6) is 1.44. The van der Waals surface area contributed by atoms with E-state index in [1.165, 1.54) is 6.26 Å². The number of ether oxygens (including phenoxy) is 2. The molecule has 1 N–H and O–H groups in total. The molecule has 0 atom stereocenters. The van der Waals surface area contributed by atoms with Gasteiger partial charge in [-0.1, -0.05) is 6.07 Å². The fraction of sp³-hybridized carbons (Fsp3) is 0.389. The van der Waals surface area contributed by atoms with Crippen molar-refractivity contribution in [2.75, 3.05) is 34.4 Å². The largest absolute Gasteiger partial charge is 0.493 e. The first-order chi connectivity index (χ1) is 11.5. The van der Waals surface area contributed by atoms with Crippen LogP contribution < -0.4 is 14.8 Å². The molecule has 1 amide bonds. The third-order valence-corrected chi connectivity index (χ3v) is 3.55. The average Bonchev–Trinajstić information content (AvgIpc) is 2.99. The lowest BCUT2D eigenvalue weighted by molar-refractivity contribution is 0.0922. The minimum absolute atomic E-state index is 0.234. The number of amides is 1. The van der Waals surface area contributed by atoms with Crippen molar-refractivity contribution in [1.29, 1.82) is 0 Å². The number of hydrogen-bond acceptors (Lipinski definition) is 5. The summed E-state index contributed by atoms with van der Waals surface area (Å²) in [6.07, 6.45) is 1.51. The van der Waals surface area contributed by atoms with Crippen LogP contribution in [0.5, 0.6) is 11.5 Å². The molecule has 0 bridgehead atoms. The van der Waals surface area contributed by atoms with Gasteiger partial charge >= 0.3 is 0 Å². The molecule has 0 saturated carbocycles. The first-order valence-electron chi connectivity index (χ1n) is 7.78. The molecule has 6 nitrogen and oxygen atoms in total. The molecule has 130 valence electrons. The SMILES string of the molecule is COc1cc(CNC(=O)c2occc2C)ccc1OCCN(C)C. The Morgan fingerprint density at radius 2 is 2.04 bits per heavy atom. The van der Waals surface area contributed by atoms with Gasteiger partial charge in [-0.25, -0.2) is 0 Å². The lowest BCUT2D eigenvalue weighted by atomic mass is 10.2. The topological polar surface area (TPSA) is 63.9 Å². The maximum absolute atomic E-state index is 12.1. The molecular formula is C18H24N2O4. The Morgan fingerprint density at radius 1 is 1.25 bits per heavy atom. The van der Waals surface area contributed by atoms with Crippen LogP contribution in [0.25, 0.3) is 0 Å². The molecule has 1 aromatic carbocycles. The number of carbonyl (C=O) groups excluding carboxylic acids is 1.